The molecule has 0 radical (unpaired) electrons. The quantitative estimate of drug-likeness (QED) is 0.746. The van der Waals surface area contributed by atoms with Crippen LogP contribution in [0.5, 0.6) is 11.5 Å². The zero-order chi connectivity index (χ0) is 21.0. The van der Waals surface area contributed by atoms with Gasteiger partial charge in [0.1, 0.15) is 13.2 Å². The molecule has 7 nitrogen and oxygen atoms in total. The van der Waals surface area contributed by atoms with Gasteiger partial charge in [-0.1, -0.05) is 32.9 Å². The van der Waals surface area contributed by atoms with Gasteiger partial charge in [0.25, 0.3) is 0 Å². The Morgan fingerprint density at radius 2 is 1.72 bits per heavy atom. The van der Waals surface area contributed by atoms with Crippen molar-refractivity contribution in [3.8, 4) is 11.5 Å². The number of fused-ring (bicyclic) bond motifs is 1. The lowest BCUT2D eigenvalue weighted by Gasteiger charge is -2.21. The molecule has 0 spiro atoms. The summed E-state index contributed by atoms with van der Waals surface area (Å²) in [6.45, 7) is 6.63. The Morgan fingerprint density at radius 1 is 1.07 bits per heavy atom. The van der Waals surface area contributed by atoms with Crippen LogP contribution in [0.25, 0.3) is 0 Å². The number of likely N-dealkylation sites (N-methyl/N-ethyl adjacent to an activating group) is 1. The summed E-state index contributed by atoms with van der Waals surface area (Å²) in [5, 5.41) is 2.72. The normalized spacial score (nSPS) is 13.6. The maximum Gasteiger partial charge on any atom is 0.243 e. The SMILES string of the molecule is CCN(CC(=O)Nc1ccc2c(c1)OCCO2)S(=O)(=O)c1ccc(C(C)C)cc1. The molecule has 1 N–H and O–H groups in total. The van der Waals surface area contributed by atoms with E-state index in [4.69, 9.17) is 9.47 Å². The van der Waals surface area contributed by atoms with Crippen LogP contribution in [0.15, 0.2) is 47.4 Å². The summed E-state index contributed by atoms with van der Waals surface area (Å²) in [5.41, 5.74) is 1.58. The minimum absolute atomic E-state index is 0.177. The molecular formula is C21H26N2O5S. The molecule has 0 fully saturated rings. The average Bonchev–Trinajstić information content (AvgIpc) is 2.71. The van der Waals surface area contributed by atoms with Gasteiger partial charge in [-0.15, -0.1) is 0 Å². The maximum atomic E-state index is 12.9. The highest BCUT2D eigenvalue weighted by Crippen LogP contribution is 2.32. The van der Waals surface area contributed by atoms with Gasteiger partial charge in [0.15, 0.2) is 11.5 Å². The van der Waals surface area contributed by atoms with E-state index in [0.717, 1.165) is 9.87 Å². The summed E-state index contributed by atoms with van der Waals surface area (Å²) in [7, 11) is -3.77. The molecule has 156 valence electrons. The Bertz CT molecular complexity index is 971. The number of sulfonamides is 1. The molecule has 0 bridgehead atoms. The molecule has 3 rings (SSSR count). The number of carbonyl (C=O) groups excluding carboxylic acids is 1. The average molecular weight is 419 g/mol. The fourth-order valence-corrected chi connectivity index (χ4v) is 4.43. The van der Waals surface area contributed by atoms with Crippen LogP contribution in [0, 0.1) is 0 Å². The van der Waals surface area contributed by atoms with Crippen LogP contribution in [0.3, 0.4) is 0 Å². The van der Waals surface area contributed by atoms with Crippen LogP contribution < -0.4 is 14.8 Å². The van der Waals surface area contributed by atoms with Crippen molar-refractivity contribution in [2.75, 3.05) is 31.6 Å². The number of anilines is 1. The number of hydrogen-bond acceptors (Lipinski definition) is 5. The van der Waals surface area contributed by atoms with Crippen LogP contribution in [-0.2, 0) is 14.8 Å². The van der Waals surface area contributed by atoms with E-state index >= 15 is 0 Å². The lowest BCUT2D eigenvalue weighted by atomic mass is 10.0. The molecule has 0 aliphatic carbocycles. The molecule has 2 aromatic rings. The van der Waals surface area contributed by atoms with Gasteiger partial charge in [-0.25, -0.2) is 8.42 Å². The van der Waals surface area contributed by atoms with E-state index in [2.05, 4.69) is 5.32 Å². The number of nitrogens with one attached hydrogen (secondary N) is 1. The number of rotatable bonds is 7. The number of nitrogens with zero attached hydrogens (tertiary/aromatic N) is 1. The number of amides is 1. The third-order valence-electron chi connectivity index (χ3n) is 4.68. The van der Waals surface area contributed by atoms with Crippen LogP contribution in [0.2, 0.25) is 0 Å². The first-order chi connectivity index (χ1) is 13.8. The van der Waals surface area contributed by atoms with Crippen molar-refractivity contribution in [1.82, 2.24) is 4.31 Å². The van der Waals surface area contributed by atoms with Crippen molar-refractivity contribution >= 4 is 21.6 Å². The van der Waals surface area contributed by atoms with Crippen molar-refractivity contribution in [1.29, 1.82) is 0 Å². The highest BCUT2D eigenvalue weighted by Gasteiger charge is 2.25. The van der Waals surface area contributed by atoms with Gasteiger partial charge in [0.05, 0.1) is 11.4 Å². The van der Waals surface area contributed by atoms with Gasteiger partial charge in [-0.2, -0.15) is 4.31 Å². The van der Waals surface area contributed by atoms with Gasteiger partial charge in [0.2, 0.25) is 15.9 Å². The zero-order valence-electron chi connectivity index (χ0n) is 16.8. The molecule has 0 saturated heterocycles. The summed E-state index contributed by atoms with van der Waals surface area (Å²) in [5.74, 6) is 1.06. The minimum atomic E-state index is -3.77. The van der Waals surface area contributed by atoms with Gasteiger partial charge in [-0.05, 0) is 35.7 Å². The van der Waals surface area contributed by atoms with Crippen LogP contribution in [0.1, 0.15) is 32.3 Å². The van der Waals surface area contributed by atoms with E-state index in [1.165, 1.54) is 0 Å². The molecule has 29 heavy (non-hydrogen) atoms. The summed E-state index contributed by atoms with van der Waals surface area (Å²) in [4.78, 5) is 12.7. The third-order valence-corrected chi connectivity index (χ3v) is 6.62. The topological polar surface area (TPSA) is 84.9 Å². The number of benzene rings is 2. The Kier molecular flexibility index (Phi) is 6.44. The second-order valence-electron chi connectivity index (χ2n) is 7.06. The molecule has 1 aliphatic heterocycles. The molecule has 1 heterocycles. The molecule has 1 amide bonds. The first-order valence-corrected chi connectivity index (χ1v) is 11.0. The number of ether oxygens (including phenoxy) is 2. The predicted molar refractivity (Wildman–Crippen MR) is 111 cm³/mol. The Balaban J connectivity index is 1.70. The van der Waals surface area contributed by atoms with Gasteiger partial charge >= 0.3 is 0 Å². The largest absolute Gasteiger partial charge is 0.486 e. The third kappa shape index (κ3) is 4.89. The fraction of sp³-hybridized carbons (Fsp3) is 0.381. The van der Waals surface area contributed by atoms with Crippen LogP contribution >= 0.6 is 0 Å². The molecule has 0 unspecified atom stereocenters. The summed E-state index contributed by atoms with van der Waals surface area (Å²) in [6, 6.07) is 11.9. The Hall–Kier alpha value is -2.58. The van der Waals surface area contributed by atoms with Crippen LogP contribution in [-0.4, -0.2) is 44.9 Å². The second kappa shape index (κ2) is 8.84. The Morgan fingerprint density at radius 3 is 2.34 bits per heavy atom. The Labute approximate surface area is 171 Å². The first-order valence-electron chi connectivity index (χ1n) is 9.61. The lowest BCUT2D eigenvalue weighted by Crippen LogP contribution is -2.37. The van der Waals surface area contributed by atoms with Gasteiger partial charge in [0, 0.05) is 18.3 Å². The summed E-state index contributed by atoms with van der Waals surface area (Å²) < 4.78 is 38.0. The molecule has 2 aromatic carbocycles. The molecular weight excluding hydrogens is 392 g/mol. The van der Waals surface area contributed by atoms with Crippen LogP contribution in [0.4, 0.5) is 5.69 Å². The van der Waals surface area contributed by atoms with E-state index in [0.29, 0.717) is 36.3 Å². The van der Waals surface area contributed by atoms with E-state index in [1.54, 1.807) is 49.4 Å². The smallest absolute Gasteiger partial charge is 0.243 e. The molecule has 1 aliphatic rings. The molecule has 0 aromatic heterocycles. The highest BCUT2D eigenvalue weighted by atomic mass is 32.2. The summed E-state index contributed by atoms with van der Waals surface area (Å²) >= 11 is 0. The molecule has 0 saturated carbocycles. The van der Waals surface area contributed by atoms with Crippen molar-refractivity contribution in [3.63, 3.8) is 0 Å². The minimum Gasteiger partial charge on any atom is -0.486 e. The van der Waals surface area contributed by atoms with E-state index < -0.39 is 15.9 Å². The van der Waals surface area contributed by atoms with Gasteiger partial charge in [-0.3, -0.25) is 4.79 Å². The van der Waals surface area contributed by atoms with Gasteiger partial charge < -0.3 is 14.8 Å². The number of carbonyl (C=O) groups is 1. The van der Waals surface area contributed by atoms with Crippen molar-refractivity contribution < 1.29 is 22.7 Å². The van der Waals surface area contributed by atoms with E-state index in [1.807, 2.05) is 13.8 Å². The first kappa shape index (κ1) is 21.1. The van der Waals surface area contributed by atoms with Crippen molar-refractivity contribution in [2.45, 2.75) is 31.6 Å². The van der Waals surface area contributed by atoms with E-state index in [9.17, 15) is 13.2 Å². The standard InChI is InChI=1S/C21H26N2O5S/c1-4-23(29(25,26)18-8-5-16(6-9-18)15(2)3)14-21(24)22-17-7-10-19-20(13-17)28-12-11-27-19/h5-10,13,15H,4,11-12,14H2,1-3H3,(H,22,24). The highest BCUT2D eigenvalue weighted by molar-refractivity contribution is 7.89. The van der Waals surface area contributed by atoms with E-state index in [-0.39, 0.29) is 18.0 Å². The zero-order valence-corrected chi connectivity index (χ0v) is 17.7. The molecule has 0 atom stereocenters. The monoisotopic (exact) mass is 418 g/mol. The number of hydrogen-bond donors (Lipinski definition) is 1. The predicted octanol–water partition coefficient (Wildman–Crippen LogP) is 3.23. The van der Waals surface area contributed by atoms with Crippen molar-refractivity contribution in [2.24, 2.45) is 0 Å². The summed E-state index contributed by atoms with van der Waals surface area (Å²) in [6.07, 6.45) is 0. The van der Waals surface area contributed by atoms with Crippen molar-refractivity contribution in [3.05, 3.63) is 48.0 Å². The second-order valence-corrected chi connectivity index (χ2v) is 9.00. The maximum absolute atomic E-state index is 12.9. The lowest BCUT2D eigenvalue weighted by molar-refractivity contribution is -0.116. The molecule has 8 heteroatoms. The fourth-order valence-electron chi connectivity index (χ4n) is 3.02.